The first-order valence-corrected chi connectivity index (χ1v) is 9.13. The van der Waals surface area contributed by atoms with Crippen LogP contribution in [0.5, 0.6) is 0 Å². The molecule has 1 unspecified atom stereocenters. The standard InChI is InChI=1S/C18H26BrNO/c1-2-13-7-9-18(21,10-8-13)12-20-17-6-3-14-11-15(19)4-5-16(14)17/h4-5,11,13,17,20-21H,2-3,6-10,12H2,1H3. The van der Waals surface area contributed by atoms with E-state index in [0.717, 1.165) is 38.1 Å². The van der Waals surface area contributed by atoms with Gasteiger partial charge in [0.2, 0.25) is 0 Å². The van der Waals surface area contributed by atoms with Crippen molar-refractivity contribution in [2.24, 2.45) is 5.92 Å². The number of halogens is 1. The Bertz CT molecular complexity index is 494. The van der Waals surface area contributed by atoms with E-state index < -0.39 is 5.60 Å². The van der Waals surface area contributed by atoms with Crippen LogP contribution in [0.3, 0.4) is 0 Å². The summed E-state index contributed by atoms with van der Waals surface area (Å²) < 4.78 is 1.17. The molecule has 1 fully saturated rings. The minimum Gasteiger partial charge on any atom is -0.389 e. The summed E-state index contributed by atoms with van der Waals surface area (Å²) >= 11 is 3.55. The van der Waals surface area contributed by atoms with Crippen LogP contribution in [-0.4, -0.2) is 17.3 Å². The lowest BCUT2D eigenvalue weighted by Crippen LogP contribution is -2.44. The Morgan fingerprint density at radius 3 is 2.76 bits per heavy atom. The molecule has 1 atom stereocenters. The molecule has 2 nitrogen and oxygen atoms in total. The Balaban J connectivity index is 1.57. The van der Waals surface area contributed by atoms with E-state index in [1.807, 2.05) is 0 Å². The van der Waals surface area contributed by atoms with Gasteiger partial charge in [0.1, 0.15) is 0 Å². The molecule has 2 aliphatic rings. The highest BCUT2D eigenvalue weighted by molar-refractivity contribution is 9.10. The molecule has 21 heavy (non-hydrogen) atoms. The third-order valence-electron chi connectivity index (χ3n) is 5.47. The molecule has 0 bridgehead atoms. The van der Waals surface area contributed by atoms with Crippen LogP contribution in [0.1, 0.15) is 62.6 Å². The molecule has 0 spiro atoms. The molecule has 0 heterocycles. The minimum atomic E-state index is -0.482. The predicted octanol–water partition coefficient (Wildman–Crippen LogP) is 4.36. The average molecular weight is 352 g/mol. The first kappa shape index (κ1) is 15.5. The number of benzene rings is 1. The number of rotatable bonds is 4. The van der Waals surface area contributed by atoms with Gasteiger partial charge in [-0.25, -0.2) is 0 Å². The highest BCUT2D eigenvalue weighted by Gasteiger charge is 2.33. The van der Waals surface area contributed by atoms with Crippen molar-refractivity contribution in [3.63, 3.8) is 0 Å². The minimum absolute atomic E-state index is 0.418. The topological polar surface area (TPSA) is 32.3 Å². The van der Waals surface area contributed by atoms with E-state index in [9.17, 15) is 5.11 Å². The van der Waals surface area contributed by atoms with Crippen molar-refractivity contribution in [2.45, 2.75) is 63.5 Å². The van der Waals surface area contributed by atoms with Crippen molar-refractivity contribution in [1.82, 2.24) is 5.32 Å². The van der Waals surface area contributed by atoms with Crippen LogP contribution in [0.15, 0.2) is 22.7 Å². The number of fused-ring (bicyclic) bond motifs is 1. The van der Waals surface area contributed by atoms with Gasteiger partial charge in [0.15, 0.2) is 0 Å². The molecule has 0 radical (unpaired) electrons. The molecule has 0 amide bonds. The lowest BCUT2D eigenvalue weighted by atomic mass is 9.77. The fourth-order valence-electron chi connectivity index (χ4n) is 3.91. The molecule has 3 rings (SSSR count). The van der Waals surface area contributed by atoms with Gasteiger partial charge in [-0.1, -0.05) is 35.3 Å². The van der Waals surface area contributed by atoms with Crippen molar-refractivity contribution >= 4 is 15.9 Å². The predicted molar refractivity (Wildman–Crippen MR) is 90.4 cm³/mol. The molecule has 2 N–H and O–H groups in total. The molecule has 3 heteroatoms. The van der Waals surface area contributed by atoms with E-state index in [0.29, 0.717) is 6.04 Å². The number of aryl methyl sites for hydroxylation is 1. The molecule has 0 saturated heterocycles. The number of nitrogens with one attached hydrogen (secondary N) is 1. The molecule has 2 aliphatic carbocycles. The molecule has 0 aliphatic heterocycles. The Labute approximate surface area is 136 Å². The second-order valence-corrected chi connectivity index (χ2v) is 7.81. The van der Waals surface area contributed by atoms with Gasteiger partial charge in [-0.3, -0.25) is 0 Å². The fourth-order valence-corrected chi connectivity index (χ4v) is 4.32. The zero-order chi connectivity index (χ0) is 14.9. The van der Waals surface area contributed by atoms with Gasteiger partial charge < -0.3 is 10.4 Å². The van der Waals surface area contributed by atoms with Crippen LogP contribution in [0.4, 0.5) is 0 Å². The molecule has 116 valence electrons. The van der Waals surface area contributed by atoms with Crippen molar-refractivity contribution in [3.8, 4) is 0 Å². The number of hydrogen-bond donors (Lipinski definition) is 2. The van der Waals surface area contributed by atoms with Gasteiger partial charge >= 0.3 is 0 Å². The zero-order valence-electron chi connectivity index (χ0n) is 12.9. The maximum Gasteiger partial charge on any atom is 0.0772 e. The summed E-state index contributed by atoms with van der Waals surface area (Å²) in [6, 6.07) is 7.00. The maximum atomic E-state index is 10.8. The number of aliphatic hydroxyl groups is 1. The highest BCUT2D eigenvalue weighted by Crippen LogP contribution is 2.36. The second kappa shape index (κ2) is 6.39. The summed E-state index contributed by atoms with van der Waals surface area (Å²) in [7, 11) is 0. The van der Waals surface area contributed by atoms with Crippen LogP contribution in [0.2, 0.25) is 0 Å². The summed E-state index contributed by atoms with van der Waals surface area (Å²) in [6.45, 7) is 3.00. The van der Waals surface area contributed by atoms with Gasteiger partial charge in [0.05, 0.1) is 5.60 Å². The third-order valence-corrected chi connectivity index (χ3v) is 5.97. The molecule has 1 saturated carbocycles. The smallest absolute Gasteiger partial charge is 0.0772 e. The Kier molecular flexibility index (Phi) is 4.72. The van der Waals surface area contributed by atoms with E-state index >= 15 is 0 Å². The Morgan fingerprint density at radius 2 is 2.05 bits per heavy atom. The van der Waals surface area contributed by atoms with E-state index in [1.54, 1.807) is 0 Å². The van der Waals surface area contributed by atoms with Crippen LogP contribution in [0.25, 0.3) is 0 Å². The van der Waals surface area contributed by atoms with E-state index in [1.165, 1.54) is 34.9 Å². The summed E-state index contributed by atoms with van der Waals surface area (Å²) in [5.41, 5.74) is 2.39. The normalized spacial score (nSPS) is 32.1. The quantitative estimate of drug-likeness (QED) is 0.844. The number of hydrogen-bond acceptors (Lipinski definition) is 2. The first-order valence-electron chi connectivity index (χ1n) is 8.34. The third kappa shape index (κ3) is 3.52. The fraction of sp³-hybridized carbons (Fsp3) is 0.667. The second-order valence-electron chi connectivity index (χ2n) is 6.89. The van der Waals surface area contributed by atoms with Crippen LogP contribution in [0, 0.1) is 5.92 Å². The molecular weight excluding hydrogens is 326 g/mol. The highest BCUT2D eigenvalue weighted by atomic mass is 79.9. The van der Waals surface area contributed by atoms with Gasteiger partial charge in [-0.05, 0) is 67.7 Å². The monoisotopic (exact) mass is 351 g/mol. The lowest BCUT2D eigenvalue weighted by molar-refractivity contribution is -0.0106. The lowest BCUT2D eigenvalue weighted by Gasteiger charge is -2.36. The van der Waals surface area contributed by atoms with E-state index in [4.69, 9.17) is 0 Å². The van der Waals surface area contributed by atoms with Gasteiger partial charge in [0.25, 0.3) is 0 Å². The van der Waals surface area contributed by atoms with Crippen molar-refractivity contribution in [2.75, 3.05) is 6.54 Å². The maximum absolute atomic E-state index is 10.8. The van der Waals surface area contributed by atoms with Gasteiger partial charge in [-0.2, -0.15) is 0 Å². The summed E-state index contributed by atoms with van der Waals surface area (Å²) in [5, 5.41) is 14.4. The van der Waals surface area contributed by atoms with Gasteiger partial charge in [0, 0.05) is 17.1 Å². The SMILES string of the molecule is CCC1CCC(O)(CNC2CCc3cc(Br)ccc32)CC1. The van der Waals surface area contributed by atoms with E-state index in [2.05, 4.69) is 46.4 Å². The van der Waals surface area contributed by atoms with E-state index in [-0.39, 0.29) is 0 Å². The zero-order valence-corrected chi connectivity index (χ0v) is 14.5. The van der Waals surface area contributed by atoms with Gasteiger partial charge in [-0.15, -0.1) is 0 Å². The Morgan fingerprint density at radius 1 is 1.29 bits per heavy atom. The van der Waals surface area contributed by atoms with Crippen molar-refractivity contribution in [3.05, 3.63) is 33.8 Å². The largest absolute Gasteiger partial charge is 0.389 e. The van der Waals surface area contributed by atoms with Crippen molar-refractivity contribution < 1.29 is 5.11 Å². The Hall–Kier alpha value is -0.380. The van der Waals surface area contributed by atoms with Crippen LogP contribution >= 0.6 is 15.9 Å². The van der Waals surface area contributed by atoms with Crippen molar-refractivity contribution in [1.29, 1.82) is 0 Å². The summed E-state index contributed by atoms with van der Waals surface area (Å²) in [4.78, 5) is 0. The van der Waals surface area contributed by atoms with Crippen LogP contribution in [-0.2, 0) is 6.42 Å². The van der Waals surface area contributed by atoms with Crippen LogP contribution < -0.4 is 5.32 Å². The molecule has 1 aromatic carbocycles. The molecule has 1 aromatic rings. The first-order chi connectivity index (χ1) is 10.1. The summed E-state index contributed by atoms with van der Waals surface area (Å²) in [5.74, 6) is 0.829. The molecular formula is C18H26BrNO. The molecule has 0 aromatic heterocycles. The summed E-state index contributed by atoms with van der Waals surface area (Å²) in [6.07, 6.45) is 7.83. The average Bonchev–Trinajstić information content (AvgIpc) is 2.88.